The van der Waals surface area contributed by atoms with Crippen LogP contribution in [0.3, 0.4) is 0 Å². The molecule has 2 aromatic heterocycles. The minimum Gasteiger partial charge on any atom is -0.302 e. The molecule has 0 atom stereocenters. The maximum atomic E-state index is 12.2. The second-order valence-corrected chi connectivity index (χ2v) is 7.34. The molecule has 0 saturated heterocycles. The van der Waals surface area contributed by atoms with Crippen LogP contribution in [-0.4, -0.2) is 20.7 Å². The smallest absolute Gasteiger partial charge is 0.228 e. The van der Waals surface area contributed by atoms with Crippen LogP contribution >= 0.6 is 11.3 Å². The fourth-order valence-corrected chi connectivity index (χ4v) is 4.12. The van der Waals surface area contributed by atoms with Gasteiger partial charge in [-0.25, -0.2) is 4.98 Å². The number of aromatic nitrogens is 3. The van der Waals surface area contributed by atoms with Gasteiger partial charge in [-0.3, -0.25) is 9.48 Å². The number of hydrogen-bond donors (Lipinski definition) is 1. The van der Waals surface area contributed by atoms with Crippen molar-refractivity contribution in [1.29, 1.82) is 0 Å². The zero-order valence-electron chi connectivity index (χ0n) is 13.9. The number of amides is 1. The number of aryl methyl sites for hydroxylation is 5. The van der Waals surface area contributed by atoms with Crippen LogP contribution in [0.1, 0.15) is 54.1 Å². The Morgan fingerprint density at radius 1 is 1.26 bits per heavy atom. The van der Waals surface area contributed by atoms with Gasteiger partial charge in [-0.15, -0.1) is 11.3 Å². The summed E-state index contributed by atoms with van der Waals surface area (Å²) in [5.41, 5.74) is 3.28. The van der Waals surface area contributed by atoms with Gasteiger partial charge in [-0.2, -0.15) is 5.10 Å². The fourth-order valence-electron chi connectivity index (χ4n) is 3.05. The third kappa shape index (κ3) is 4.19. The quantitative estimate of drug-likeness (QED) is 0.930. The Hall–Kier alpha value is -1.69. The summed E-state index contributed by atoms with van der Waals surface area (Å²) < 4.78 is 1.89. The summed E-state index contributed by atoms with van der Waals surface area (Å²) in [5, 5.41) is 8.11. The fraction of sp³-hybridized carbons (Fsp3) is 0.588. The molecular formula is C17H24N4OS. The first-order valence-corrected chi connectivity index (χ1v) is 9.23. The molecule has 0 aromatic carbocycles. The molecule has 5 nitrogen and oxygen atoms in total. The molecule has 2 aromatic rings. The van der Waals surface area contributed by atoms with Crippen molar-refractivity contribution in [3.05, 3.63) is 28.0 Å². The molecular weight excluding hydrogens is 308 g/mol. The normalized spacial score (nSPS) is 14.9. The molecule has 0 radical (unpaired) electrons. The molecule has 3 rings (SSSR count). The van der Waals surface area contributed by atoms with Crippen LogP contribution in [-0.2, 0) is 24.2 Å². The highest BCUT2D eigenvalue weighted by atomic mass is 32.1. The van der Waals surface area contributed by atoms with Crippen molar-refractivity contribution in [3.8, 4) is 0 Å². The summed E-state index contributed by atoms with van der Waals surface area (Å²) in [6.07, 6.45) is 7.62. The third-order valence-electron chi connectivity index (χ3n) is 4.25. The van der Waals surface area contributed by atoms with Crippen LogP contribution in [0.5, 0.6) is 0 Å². The molecule has 2 heterocycles. The van der Waals surface area contributed by atoms with E-state index >= 15 is 0 Å². The Morgan fingerprint density at radius 3 is 2.78 bits per heavy atom. The molecule has 1 N–H and O–H groups in total. The van der Waals surface area contributed by atoms with Crippen molar-refractivity contribution >= 4 is 22.4 Å². The van der Waals surface area contributed by atoms with Gasteiger partial charge in [0.1, 0.15) is 0 Å². The van der Waals surface area contributed by atoms with E-state index in [1.54, 1.807) is 11.3 Å². The average Bonchev–Trinajstić information content (AvgIpc) is 2.99. The van der Waals surface area contributed by atoms with Gasteiger partial charge >= 0.3 is 0 Å². The van der Waals surface area contributed by atoms with Crippen molar-refractivity contribution in [1.82, 2.24) is 14.8 Å². The van der Waals surface area contributed by atoms with Crippen LogP contribution in [0.2, 0.25) is 0 Å². The number of hydrogen-bond acceptors (Lipinski definition) is 4. The SMILES string of the molecule is Cc1cc(C)n(CCC(=O)Nc2nc3c(s2)CCCCCC3)n1. The van der Waals surface area contributed by atoms with E-state index in [9.17, 15) is 4.79 Å². The molecule has 1 amide bonds. The number of thiazole rings is 1. The van der Waals surface area contributed by atoms with Gasteiger partial charge in [0.15, 0.2) is 5.13 Å². The van der Waals surface area contributed by atoms with Gasteiger partial charge in [0.25, 0.3) is 0 Å². The van der Waals surface area contributed by atoms with Crippen molar-refractivity contribution in [2.45, 2.75) is 65.3 Å². The molecule has 0 unspecified atom stereocenters. The zero-order chi connectivity index (χ0) is 16.2. The molecule has 0 bridgehead atoms. The molecule has 23 heavy (non-hydrogen) atoms. The summed E-state index contributed by atoms with van der Waals surface area (Å²) >= 11 is 1.65. The van der Waals surface area contributed by atoms with E-state index in [-0.39, 0.29) is 5.91 Å². The Bertz CT molecular complexity index is 663. The average molecular weight is 332 g/mol. The molecule has 0 aliphatic heterocycles. The topological polar surface area (TPSA) is 59.8 Å². The van der Waals surface area contributed by atoms with Gasteiger partial charge in [0.2, 0.25) is 5.91 Å². The van der Waals surface area contributed by atoms with Crippen molar-refractivity contribution in [2.75, 3.05) is 5.32 Å². The van der Waals surface area contributed by atoms with E-state index in [0.717, 1.165) is 29.4 Å². The summed E-state index contributed by atoms with van der Waals surface area (Å²) in [7, 11) is 0. The maximum Gasteiger partial charge on any atom is 0.228 e. The molecule has 124 valence electrons. The van der Waals surface area contributed by atoms with Crippen molar-refractivity contribution in [3.63, 3.8) is 0 Å². The Balaban J connectivity index is 1.57. The number of carbonyl (C=O) groups is 1. The van der Waals surface area contributed by atoms with Crippen molar-refractivity contribution in [2.24, 2.45) is 0 Å². The Kier molecular flexibility index (Phi) is 5.10. The minimum atomic E-state index is 0.0132. The highest BCUT2D eigenvalue weighted by molar-refractivity contribution is 7.15. The monoisotopic (exact) mass is 332 g/mol. The van der Waals surface area contributed by atoms with Gasteiger partial charge in [-0.05, 0) is 45.6 Å². The lowest BCUT2D eigenvalue weighted by atomic mass is 10.0. The molecule has 1 aliphatic carbocycles. The number of carbonyl (C=O) groups excluding carboxylic acids is 1. The number of fused-ring (bicyclic) bond motifs is 1. The van der Waals surface area contributed by atoms with Crippen LogP contribution in [0.15, 0.2) is 6.07 Å². The van der Waals surface area contributed by atoms with Gasteiger partial charge < -0.3 is 5.32 Å². The van der Waals surface area contributed by atoms with E-state index in [1.807, 2.05) is 24.6 Å². The van der Waals surface area contributed by atoms with E-state index in [1.165, 1.54) is 36.3 Å². The number of rotatable bonds is 4. The molecule has 0 fully saturated rings. The van der Waals surface area contributed by atoms with Crippen LogP contribution < -0.4 is 5.32 Å². The summed E-state index contributed by atoms with van der Waals surface area (Å²) in [5.74, 6) is 0.0132. The second kappa shape index (κ2) is 7.25. The van der Waals surface area contributed by atoms with Crippen LogP contribution in [0.25, 0.3) is 0 Å². The van der Waals surface area contributed by atoms with Crippen molar-refractivity contribution < 1.29 is 4.79 Å². The lowest BCUT2D eigenvalue weighted by molar-refractivity contribution is -0.116. The number of nitrogens with one attached hydrogen (secondary N) is 1. The molecule has 6 heteroatoms. The van der Waals surface area contributed by atoms with Gasteiger partial charge in [0, 0.05) is 23.5 Å². The predicted molar refractivity (Wildman–Crippen MR) is 92.9 cm³/mol. The number of anilines is 1. The summed E-state index contributed by atoms with van der Waals surface area (Å²) in [6, 6.07) is 2.03. The Morgan fingerprint density at radius 2 is 2.04 bits per heavy atom. The van der Waals surface area contributed by atoms with E-state index < -0.39 is 0 Å². The van der Waals surface area contributed by atoms with Gasteiger partial charge in [0.05, 0.1) is 11.4 Å². The maximum absolute atomic E-state index is 12.2. The molecule has 0 spiro atoms. The van der Waals surface area contributed by atoms with E-state index in [2.05, 4.69) is 15.4 Å². The first-order chi connectivity index (χ1) is 11.1. The van der Waals surface area contributed by atoms with E-state index in [4.69, 9.17) is 0 Å². The largest absolute Gasteiger partial charge is 0.302 e. The predicted octanol–water partition coefficient (Wildman–Crippen LogP) is 3.64. The second-order valence-electron chi connectivity index (χ2n) is 6.25. The van der Waals surface area contributed by atoms with Crippen LogP contribution in [0, 0.1) is 13.8 Å². The zero-order valence-corrected chi connectivity index (χ0v) is 14.7. The highest BCUT2D eigenvalue weighted by Crippen LogP contribution is 2.28. The highest BCUT2D eigenvalue weighted by Gasteiger charge is 2.15. The standard InChI is InChI=1S/C17H24N4OS/c1-12-11-13(2)21(20-12)10-9-16(22)19-17-18-14-7-5-3-4-6-8-15(14)23-17/h11H,3-10H2,1-2H3,(H,18,19,22). The van der Waals surface area contributed by atoms with Gasteiger partial charge in [-0.1, -0.05) is 12.8 Å². The lowest BCUT2D eigenvalue weighted by Crippen LogP contribution is -2.15. The summed E-state index contributed by atoms with van der Waals surface area (Å²) in [6.45, 7) is 4.59. The first-order valence-electron chi connectivity index (χ1n) is 8.41. The Labute approximate surface area is 141 Å². The lowest BCUT2D eigenvalue weighted by Gasteiger charge is -2.06. The van der Waals surface area contributed by atoms with E-state index in [0.29, 0.717) is 13.0 Å². The molecule has 1 aliphatic rings. The number of nitrogens with zero attached hydrogens (tertiary/aromatic N) is 3. The minimum absolute atomic E-state index is 0.0132. The van der Waals surface area contributed by atoms with Crippen LogP contribution in [0.4, 0.5) is 5.13 Å². The summed E-state index contributed by atoms with van der Waals surface area (Å²) in [4.78, 5) is 18.2. The first kappa shape index (κ1) is 16.2. The third-order valence-corrected chi connectivity index (χ3v) is 5.32. The molecule has 0 saturated carbocycles.